The second kappa shape index (κ2) is 14.3. The lowest BCUT2D eigenvalue weighted by Crippen LogP contribution is -2.43. The molecule has 7 nitrogen and oxygen atoms in total. The molecule has 0 spiro atoms. The first-order chi connectivity index (χ1) is 12.3. The van der Waals surface area contributed by atoms with Crippen LogP contribution in [0.1, 0.15) is 53.4 Å². The van der Waals surface area contributed by atoms with E-state index in [1.165, 1.54) is 38.9 Å². The van der Waals surface area contributed by atoms with Crippen molar-refractivity contribution in [3.63, 3.8) is 0 Å². The van der Waals surface area contributed by atoms with Gasteiger partial charge in [-0.2, -0.15) is 0 Å². The molecule has 1 amide bonds. The first-order valence-corrected chi connectivity index (χ1v) is 9.97. The van der Waals surface area contributed by atoms with E-state index in [-0.39, 0.29) is 30.1 Å². The van der Waals surface area contributed by atoms with Crippen LogP contribution in [0.25, 0.3) is 0 Å². The maximum atomic E-state index is 11.6. The number of ether oxygens (including phenoxy) is 1. The monoisotopic (exact) mass is 497 g/mol. The molecular weight excluding hydrogens is 457 g/mol. The molecule has 1 saturated heterocycles. The number of hydrogen-bond acceptors (Lipinski definition) is 4. The van der Waals surface area contributed by atoms with Gasteiger partial charge in [0.25, 0.3) is 0 Å². The van der Waals surface area contributed by atoms with Crippen LogP contribution in [-0.4, -0.2) is 68.9 Å². The van der Waals surface area contributed by atoms with Gasteiger partial charge in [-0.25, -0.2) is 4.79 Å². The minimum atomic E-state index is -0.457. The molecule has 0 bridgehead atoms. The van der Waals surface area contributed by atoms with E-state index in [1.807, 2.05) is 20.8 Å². The summed E-state index contributed by atoms with van der Waals surface area (Å²) in [6.45, 7) is 13.8. The van der Waals surface area contributed by atoms with Crippen molar-refractivity contribution in [2.45, 2.75) is 59.0 Å². The number of nitrogens with one attached hydrogen (secondary N) is 3. The molecule has 27 heavy (non-hydrogen) atoms. The third kappa shape index (κ3) is 13.1. The molecule has 1 heterocycles. The summed E-state index contributed by atoms with van der Waals surface area (Å²) in [5.74, 6) is 1.55. The highest BCUT2D eigenvalue weighted by atomic mass is 127. The zero-order valence-corrected chi connectivity index (χ0v) is 20.1. The smallest absolute Gasteiger partial charge is 0.407 e. The Hall–Kier alpha value is -0.770. The van der Waals surface area contributed by atoms with E-state index in [4.69, 9.17) is 4.74 Å². The Morgan fingerprint density at radius 3 is 2.33 bits per heavy atom. The van der Waals surface area contributed by atoms with Crippen LogP contribution < -0.4 is 16.0 Å². The summed E-state index contributed by atoms with van der Waals surface area (Å²) >= 11 is 0. The number of halogens is 1. The number of carbonyl (C=O) groups excluding carboxylic acids is 1. The number of amides is 1. The molecule has 1 aliphatic heterocycles. The molecule has 0 aromatic heterocycles. The summed E-state index contributed by atoms with van der Waals surface area (Å²) in [4.78, 5) is 18.4. The van der Waals surface area contributed by atoms with Crippen LogP contribution in [0.3, 0.4) is 0 Å². The lowest BCUT2D eigenvalue weighted by Gasteiger charge is -2.32. The molecule has 0 unspecified atom stereocenters. The van der Waals surface area contributed by atoms with E-state index in [2.05, 4.69) is 32.8 Å². The van der Waals surface area contributed by atoms with Crippen molar-refractivity contribution >= 4 is 36.0 Å². The summed E-state index contributed by atoms with van der Waals surface area (Å²) < 4.78 is 5.21. The van der Waals surface area contributed by atoms with Gasteiger partial charge >= 0.3 is 6.09 Å². The van der Waals surface area contributed by atoms with Gasteiger partial charge in [-0.05, 0) is 72.0 Å². The summed E-state index contributed by atoms with van der Waals surface area (Å²) in [6, 6.07) is 0. The summed E-state index contributed by atoms with van der Waals surface area (Å²) in [7, 11) is 1.79. The molecule has 1 fully saturated rings. The van der Waals surface area contributed by atoms with E-state index >= 15 is 0 Å². The van der Waals surface area contributed by atoms with E-state index in [0.717, 1.165) is 31.4 Å². The predicted octanol–water partition coefficient (Wildman–Crippen LogP) is 2.81. The minimum Gasteiger partial charge on any atom is -0.444 e. The molecule has 0 aromatic carbocycles. The fraction of sp³-hybridized carbons (Fsp3) is 0.895. The average Bonchev–Trinajstić information content (AvgIpc) is 2.57. The fourth-order valence-electron chi connectivity index (χ4n) is 2.99. The third-order valence-corrected chi connectivity index (χ3v) is 4.34. The largest absolute Gasteiger partial charge is 0.444 e. The first-order valence-electron chi connectivity index (χ1n) is 9.97. The Kier molecular flexibility index (Phi) is 13.9. The number of carbonyl (C=O) groups is 1. The van der Waals surface area contributed by atoms with E-state index in [9.17, 15) is 4.79 Å². The minimum absolute atomic E-state index is 0. The maximum Gasteiger partial charge on any atom is 0.407 e. The van der Waals surface area contributed by atoms with Crippen molar-refractivity contribution in [1.82, 2.24) is 20.9 Å². The standard InChI is InChI=1S/C19H39N5O2.HI/c1-6-12-24-13-8-16(9-14-24)15-23-17(20-5)21-10-7-11-22-18(25)26-19(2,3)4;/h16H,6-15H2,1-5H3,(H,22,25)(H2,20,21,23);1H. The lowest BCUT2D eigenvalue weighted by atomic mass is 9.97. The molecule has 3 N–H and O–H groups in total. The lowest BCUT2D eigenvalue weighted by molar-refractivity contribution is 0.0527. The van der Waals surface area contributed by atoms with Gasteiger partial charge < -0.3 is 25.6 Å². The number of piperidine rings is 1. The van der Waals surface area contributed by atoms with Gasteiger partial charge in [-0.3, -0.25) is 4.99 Å². The van der Waals surface area contributed by atoms with Crippen LogP contribution in [0.5, 0.6) is 0 Å². The quantitative estimate of drug-likeness (QED) is 0.208. The topological polar surface area (TPSA) is 78.0 Å². The van der Waals surface area contributed by atoms with Crippen LogP contribution in [0, 0.1) is 5.92 Å². The van der Waals surface area contributed by atoms with E-state index in [0.29, 0.717) is 6.54 Å². The van der Waals surface area contributed by atoms with Crippen LogP contribution >= 0.6 is 24.0 Å². The Morgan fingerprint density at radius 1 is 1.15 bits per heavy atom. The third-order valence-electron chi connectivity index (χ3n) is 4.34. The number of hydrogen-bond donors (Lipinski definition) is 3. The Labute approximate surface area is 182 Å². The van der Waals surface area contributed by atoms with Crippen molar-refractivity contribution < 1.29 is 9.53 Å². The van der Waals surface area contributed by atoms with E-state index in [1.54, 1.807) is 7.05 Å². The number of nitrogens with zero attached hydrogens (tertiary/aromatic N) is 2. The zero-order valence-electron chi connectivity index (χ0n) is 17.8. The number of likely N-dealkylation sites (tertiary alicyclic amines) is 1. The highest BCUT2D eigenvalue weighted by molar-refractivity contribution is 14.0. The van der Waals surface area contributed by atoms with Gasteiger partial charge in [0.05, 0.1) is 0 Å². The SMILES string of the molecule is CCCN1CCC(CNC(=NC)NCCCNC(=O)OC(C)(C)C)CC1.I. The van der Waals surface area contributed by atoms with Crippen LogP contribution in [0.15, 0.2) is 4.99 Å². The molecule has 1 rings (SSSR count). The fourth-order valence-corrected chi connectivity index (χ4v) is 2.99. The number of alkyl carbamates (subject to hydrolysis) is 1. The Bertz CT molecular complexity index is 432. The second-order valence-electron chi connectivity index (χ2n) is 7.95. The normalized spacial score (nSPS) is 16.4. The molecule has 0 atom stereocenters. The predicted molar refractivity (Wildman–Crippen MR) is 123 cm³/mol. The van der Waals surface area contributed by atoms with Crippen molar-refractivity contribution in [1.29, 1.82) is 0 Å². The van der Waals surface area contributed by atoms with Crippen molar-refractivity contribution in [3.8, 4) is 0 Å². The molecule has 0 aliphatic carbocycles. The van der Waals surface area contributed by atoms with Gasteiger partial charge in [0.15, 0.2) is 5.96 Å². The van der Waals surface area contributed by atoms with Gasteiger partial charge in [0.1, 0.15) is 5.60 Å². The Morgan fingerprint density at radius 2 is 1.78 bits per heavy atom. The van der Waals surface area contributed by atoms with Crippen molar-refractivity contribution in [3.05, 3.63) is 0 Å². The van der Waals surface area contributed by atoms with Crippen molar-refractivity contribution in [2.24, 2.45) is 10.9 Å². The molecular formula is C19H40IN5O2. The highest BCUT2D eigenvalue weighted by Gasteiger charge is 2.18. The van der Waals surface area contributed by atoms with E-state index < -0.39 is 5.60 Å². The molecule has 0 saturated carbocycles. The second-order valence-corrected chi connectivity index (χ2v) is 7.95. The molecule has 1 aliphatic rings. The summed E-state index contributed by atoms with van der Waals surface area (Å²) in [6.07, 6.45) is 4.19. The maximum absolute atomic E-state index is 11.6. The van der Waals surface area contributed by atoms with Crippen LogP contribution in [-0.2, 0) is 4.74 Å². The Balaban J connectivity index is 0.00000676. The molecule has 160 valence electrons. The summed E-state index contributed by atoms with van der Waals surface area (Å²) in [5, 5.41) is 9.48. The van der Waals surface area contributed by atoms with Gasteiger partial charge in [0.2, 0.25) is 0 Å². The summed E-state index contributed by atoms with van der Waals surface area (Å²) in [5.41, 5.74) is -0.457. The number of aliphatic imine (C=N–C) groups is 1. The average molecular weight is 497 g/mol. The van der Waals surface area contributed by atoms with Crippen molar-refractivity contribution in [2.75, 3.05) is 46.3 Å². The highest BCUT2D eigenvalue weighted by Crippen LogP contribution is 2.16. The number of guanidine groups is 1. The zero-order chi connectivity index (χ0) is 19.4. The van der Waals surface area contributed by atoms with Gasteiger partial charge in [-0.15, -0.1) is 24.0 Å². The first kappa shape index (κ1) is 26.2. The molecule has 8 heteroatoms. The van der Waals surface area contributed by atoms with Gasteiger partial charge in [0, 0.05) is 26.7 Å². The van der Waals surface area contributed by atoms with Crippen LogP contribution in [0.2, 0.25) is 0 Å². The molecule has 0 aromatic rings. The molecule has 0 radical (unpaired) electrons. The number of rotatable bonds is 8. The van der Waals surface area contributed by atoms with Crippen LogP contribution in [0.4, 0.5) is 4.79 Å². The van der Waals surface area contributed by atoms with Gasteiger partial charge in [-0.1, -0.05) is 6.92 Å².